The van der Waals surface area contributed by atoms with Gasteiger partial charge in [-0.2, -0.15) is 13.2 Å². The molecule has 2 aromatic rings. The summed E-state index contributed by atoms with van der Waals surface area (Å²) in [6.07, 6.45) is -3.65. The molecule has 0 bridgehead atoms. The Morgan fingerprint density at radius 3 is 2.16 bits per heavy atom. The number of hydrogen-bond donors (Lipinski definition) is 1. The number of rotatable bonds is 7. The maximum Gasteiger partial charge on any atom is 0.416 e. The molecule has 2 N–H and O–H groups in total. The predicted octanol–water partition coefficient (Wildman–Crippen LogP) is 4.52. The van der Waals surface area contributed by atoms with Crippen molar-refractivity contribution in [2.24, 2.45) is 5.73 Å². The number of halogens is 3. The second kappa shape index (κ2) is 8.49. The van der Waals surface area contributed by atoms with Crippen molar-refractivity contribution in [3.8, 4) is 11.5 Å². The van der Waals surface area contributed by atoms with E-state index in [9.17, 15) is 13.2 Å². The van der Waals surface area contributed by atoms with Crippen LogP contribution < -0.4 is 15.2 Å². The Kier molecular flexibility index (Phi) is 6.61. The zero-order chi connectivity index (χ0) is 18.4. The molecular formula is C18H20F3NO2S. The van der Waals surface area contributed by atoms with Crippen LogP contribution in [0.1, 0.15) is 16.7 Å². The Morgan fingerprint density at radius 2 is 1.64 bits per heavy atom. The lowest BCUT2D eigenvalue weighted by Crippen LogP contribution is -2.05. The van der Waals surface area contributed by atoms with Gasteiger partial charge in [0.2, 0.25) is 0 Å². The lowest BCUT2D eigenvalue weighted by Gasteiger charge is -2.14. The first-order valence-corrected chi connectivity index (χ1v) is 8.61. The molecule has 0 aliphatic carbocycles. The predicted molar refractivity (Wildman–Crippen MR) is 93.3 cm³/mol. The van der Waals surface area contributed by atoms with Crippen LogP contribution in [-0.4, -0.2) is 20.8 Å². The molecule has 0 radical (unpaired) electrons. The van der Waals surface area contributed by atoms with Crippen molar-refractivity contribution in [1.29, 1.82) is 0 Å². The molecule has 7 heteroatoms. The molecule has 2 rings (SSSR count). The highest BCUT2D eigenvalue weighted by atomic mass is 32.2. The van der Waals surface area contributed by atoms with E-state index in [0.29, 0.717) is 24.5 Å². The van der Waals surface area contributed by atoms with E-state index in [2.05, 4.69) is 0 Å². The van der Waals surface area contributed by atoms with Crippen molar-refractivity contribution in [2.75, 3.05) is 20.8 Å². The smallest absolute Gasteiger partial charge is 0.416 e. The van der Waals surface area contributed by atoms with Crippen molar-refractivity contribution >= 4 is 11.8 Å². The fraction of sp³-hybridized carbons (Fsp3) is 0.333. The highest BCUT2D eigenvalue weighted by Gasteiger charge is 2.29. The number of benzene rings is 2. The Bertz CT molecular complexity index is 703. The van der Waals surface area contributed by atoms with Crippen molar-refractivity contribution in [3.63, 3.8) is 0 Å². The van der Waals surface area contributed by atoms with E-state index in [1.54, 1.807) is 14.2 Å². The molecule has 0 unspecified atom stereocenters. The summed E-state index contributed by atoms with van der Waals surface area (Å²) in [6.45, 7) is 0.498. The second-order valence-electron chi connectivity index (χ2n) is 5.34. The lowest BCUT2D eigenvalue weighted by atomic mass is 10.1. The third kappa shape index (κ3) is 5.06. The minimum atomic E-state index is -4.32. The van der Waals surface area contributed by atoms with Crippen LogP contribution >= 0.6 is 11.8 Å². The largest absolute Gasteiger partial charge is 0.496 e. The maximum absolute atomic E-state index is 12.6. The fourth-order valence-electron chi connectivity index (χ4n) is 2.35. The van der Waals surface area contributed by atoms with Crippen LogP contribution in [0.2, 0.25) is 0 Å². The van der Waals surface area contributed by atoms with Gasteiger partial charge >= 0.3 is 6.18 Å². The first-order chi connectivity index (χ1) is 11.9. The molecule has 0 fully saturated rings. The second-order valence-corrected chi connectivity index (χ2v) is 6.35. The third-order valence-corrected chi connectivity index (χ3v) is 4.76. The van der Waals surface area contributed by atoms with Gasteiger partial charge in [-0.25, -0.2) is 0 Å². The van der Waals surface area contributed by atoms with E-state index in [1.807, 2.05) is 12.1 Å². The molecule has 3 nitrogen and oxygen atoms in total. The van der Waals surface area contributed by atoms with Gasteiger partial charge in [-0.1, -0.05) is 12.1 Å². The molecule has 25 heavy (non-hydrogen) atoms. The Labute approximate surface area is 149 Å². The highest BCUT2D eigenvalue weighted by molar-refractivity contribution is 7.98. The zero-order valence-electron chi connectivity index (χ0n) is 14.0. The first-order valence-electron chi connectivity index (χ1n) is 7.63. The van der Waals surface area contributed by atoms with Crippen molar-refractivity contribution in [1.82, 2.24) is 0 Å². The number of ether oxygens (including phenoxy) is 2. The summed E-state index contributed by atoms with van der Waals surface area (Å²) >= 11 is 1.48. The van der Waals surface area contributed by atoms with Gasteiger partial charge < -0.3 is 15.2 Å². The number of nitrogens with two attached hydrogens (primary N) is 1. The van der Waals surface area contributed by atoms with Gasteiger partial charge in [-0.3, -0.25) is 0 Å². The maximum atomic E-state index is 12.6. The molecule has 2 aromatic carbocycles. The van der Waals surface area contributed by atoms with Crippen LogP contribution in [0.3, 0.4) is 0 Å². The van der Waals surface area contributed by atoms with Gasteiger partial charge in [-0.15, -0.1) is 11.8 Å². The number of alkyl halides is 3. The molecule has 0 aliphatic heterocycles. The summed E-state index contributed by atoms with van der Waals surface area (Å²) in [7, 11) is 3.17. The normalized spacial score (nSPS) is 11.4. The van der Waals surface area contributed by atoms with E-state index in [1.165, 1.54) is 23.9 Å². The third-order valence-electron chi connectivity index (χ3n) is 3.66. The van der Waals surface area contributed by atoms with Gasteiger partial charge in [0, 0.05) is 5.75 Å². The molecule has 0 saturated carbocycles. The minimum Gasteiger partial charge on any atom is -0.496 e. The van der Waals surface area contributed by atoms with Crippen LogP contribution in [0, 0.1) is 0 Å². The van der Waals surface area contributed by atoms with E-state index in [4.69, 9.17) is 15.2 Å². The van der Waals surface area contributed by atoms with Crippen LogP contribution in [0.5, 0.6) is 11.5 Å². The highest BCUT2D eigenvalue weighted by Crippen LogP contribution is 2.37. The molecule has 0 atom stereocenters. The Hall–Kier alpha value is -1.86. The molecule has 0 aliphatic rings. The molecule has 0 heterocycles. The number of methoxy groups -OCH3 is 2. The van der Waals surface area contributed by atoms with Gasteiger partial charge in [0.05, 0.1) is 24.7 Å². The van der Waals surface area contributed by atoms with Crippen LogP contribution in [0.25, 0.3) is 0 Å². The topological polar surface area (TPSA) is 44.5 Å². The molecule has 0 aromatic heterocycles. The molecule has 0 amide bonds. The van der Waals surface area contributed by atoms with Crippen LogP contribution in [-0.2, 0) is 18.3 Å². The average molecular weight is 371 g/mol. The number of hydrogen-bond acceptors (Lipinski definition) is 4. The Balaban J connectivity index is 2.16. The SMILES string of the molecule is COc1cc(SCc2ccc(C(F)(F)F)cc2)c(OC)cc1CCN. The standard InChI is InChI=1S/C18H20F3NO2S/c1-23-15-10-17(16(24-2)9-13(15)7-8-22)25-11-12-3-5-14(6-4-12)18(19,20)21/h3-6,9-10H,7-8,11,22H2,1-2H3. The molecule has 0 saturated heterocycles. The van der Waals surface area contributed by atoms with Crippen molar-refractivity contribution in [3.05, 3.63) is 53.1 Å². The first kappa shape index (κ1) is 19.5. The van der Waals surface area contributed by atoms with E-state index in [0.717, 1.165) is 33.9 Å². The molecule has 136 valence electrons. The van der Waals surface area contributed by atoms with E-state index >= 15 is 0 Å². The fourth-order valence-corrected chi connectivity index (χ4v) is 3.34. The monoisotopic (exact) mass is 371 g/mol. The quantitative estimate of drug-likeness (QED) is 0.727. The summed E-state index contributed by atoms with van der Waals surface area (Å²) in [4.78, 5) is 0.861. The summed E-state index contributed by atoms with van der Waals surface area (Å²) < 4.78 is 48.6. The zero-order valence-corrected chi connectivity index (χ0v) is 14.8. The van der Waals surface area contributed by atoms with E-state index < -0.39 is 11.7 Å². The van der Waals surface area contributed by atoms with Crippen LogP contribution in [0.15, 0.2) is 41.3 Å². The van der Waals surface area contributed by atoms with Gasteiger partial charge in [0.15, 0.2) is 0 Å². The summed E-state index contributed by atoms with van der Waals surface area (Å²) in [5.41, 5.74) is 6.72. The lowest BCUT2D eigenvalue weighted by molar-refractivity contribution is -0.137. The van der Waals surface area contributed by atoms with E-state index in [-0.39, 0.29) is 0 Å². The van der Waals surface area contributed by atoms with Gasteiger partial charge in [0.25, 0.3) is 0 Å². The average Bonchev–Trinajstić information content (AvgIpc) is 2.60. The Morgan fingerprint density at radius 1 is 1.00 bits per heavy atom. The van der Waals surface area contributed by atoms with Gasteiger partial charge in [-0.05, 0) is 48.4 Å². The summed E-state index contributed by atoms with van der Waals surface area (Å²) in [5.74, 6) is 1.94. The molecule has 0 spiro atoms. The number of thioether (sulfide) groups is 1. The molecular weight excluding hydrogens is 351 g/mol. The van der Waals surface area contributed by atoms with Crippen LogP contribution in [0.4, 0.5) is 13.2 Å². The minimum absolute atomic E-state index is 0.498. The van der Waals surface area contributed by atoms with Crippen molar-refractivity contribution < 1.29 is 22.6 Å². The summed E-state index contributed by atoms with van der Waals surface area (Å²) in [5, 5.41) is 0. The van der Waals surface area contributed by atoms with Crippen molar-refractivity contribution in [2.45, 2.75) is 23.2 Å². The summed E-state index contributed by atoms with van der Waals surface area (Å²) in [6, 6.07) is 8.93. The van der Waals surface area contributed by atoms with Gasteiger partial charge in [0.1, 0.15) is 11.5 Å².